The van der Waals surface area contributed by atoms with Crippen molar-refractivity contribution in [2.24, 2.45) is 0 Å². The van der Waals surface area contributed by atoms with Crippen LogP contribution in [-0.4, -0.2) is 65.6 Å². The molecule has 0 saturated heterocycles. The molecule has 0 aromatic heterocycles. The summed E-state index contributed by atoms with van der Waals surface area (Å²) in [6.45, 7) is 3.87. The van der Waals surface area contributed by atoms with Crippen molar-refractivity contribution in [1.29, 1.82) is 0 Å². The minimum absolute atomic E-state index is 0.0781. The van der Waals surface area contributed by atoms with E-state index < -0.39 is 28.5 Å². The lowest BCUT2D eigenvalue weighted by atomic mass is 10.1. The van der Waals surface area contributed by atoms with E-state index in [9.17, 15) is 18.0 Å². The van der Waals surface area contributed by atoms with Crippen LogP contribution in [0.3, 0.4) is 0 Å². The number of hydrogen-bond donors (Lipinski definition) is 1. The van der Waals surface area contributed by atoms with Crippen LogP contribution < -0.4 is 23.8 Å². The summed E-state index contributed by atoms with van der Waals surface area (Å²) in [4.78, 5) is 28.9. The number of nitrogens with one attached hydrogen (secondary N) is 1. The molecule has 0 heterocycles. The summed E-state index contributed by atoms with van der Waals surface area (Å²) in [5, 5.41) is 2.93. The van der Waals surface area contributed by atoms with Crippen LogP contribution in [0, 0.1) is 0 Å². The topological polar surface area (TPSA) is 114 Å². The third-order valence-electron chi connectivity index (χ3n) is 6.97. The summed E-state index contributed by atoms with van der Waals surface area (Å²) in [5.74, 6) is 0.382. The molecule has 0 unspecified atom stereocenters. The van der Waals surface area contributed by atoms with E-state index in [4.69, 9.17) is 14.2 Å². The smallest absolute Gasteiger partial charge is 0.264 e. The van der Waals surface area contributed by atoms with Gasteiger partial charge in [0, 0.05) is 19.2 Å². The molecule has 3 aromatic rings. The van der Waals surface area contributed by atoms with Gasteiger partial charge in [0.05, 0.1) is 31.9 Å². The van der Waals surface area contributed by atoms with Crippen LogP contribution >= 0.6 is 0 Å². The Morgan fingerprint density at radius 2 is 1.58 bits per heavy atom. The van der Waals surface area contributed by atoms with Gasteiger partial charge >= 0.3 is 0 Å². The van der Waals surface area contributed by atoms with Crippen molar-refractivity contribution >= 4 is 27.5 Å². The van der Waals surface area contributed by atoms with Gasteiger partial charge in [-0.15, -0.1) is 0 Å². The maximum absolute atomic E-state index is 14.2. The standard InChI is InChI=1S/C32H41N3O7S/c1-6-8-19-33-32(37)28(7-2)34(22-24-13-12-16-26(20-24)40-3)31(36)23-35(25-14-10-9-11-15-25)43(38,39)27-17-18-29(41-4)30(21-27)42-5/h9-18,20-21,28H,6-8,19,22-23H2,1-5H3,(H,33,37)/t28-/m0/s1. The molecule has 0 bridgehead atoms. The summed E-state index contributed by atoms with van der Waals surface area (Å²) in [7, 11) is 0.161. The second-order valence-electron chi connectivity index (χ2n) is 9.81. The van der Waals surface area contributed by atoms with Crippen LogP contribution in [0.4, 0.5) is 5.69 Å². The van der Waals surface area contributed by atoms with Gasteiger partial charge in [-0.1, -0.05) is 50.6 Å². The van der Waals surface area contributed by atoms with E-state index in [1.807, 2.05) is 19.9 Å². The normalized spacial score (nSPS) is 11.7. The van der Waals surface area contributed by atoms with Crippen LogP contribution in [0.5, 0.6) is 17.2 Å². The van der Waals surface area contributed by atoms with Gasteiger partial charge in [0.25, 0.3) is 10.0 Å². The van der Waals surface area contributed by atoms with E-state index in [1.165, 1.54) is 37.3 Å². The number of nitrogens with zero attached hydrogens (tertiary/aromatic N) is 2. The number of sulfonamides is 1. The molecule has 1 N–H and O–H groups in total. The SMILES string of the molecule is CCCCNC(=O)[C@H](CC)N(Cc1cccc(OC)c1)C(=O)CN(c1ccccc1)S(=O)(=O)c1ccc(OC)c(OC)c1. The number of benzene rings is 3. The number of methoxy groups -OCH3 is 3. The van der Waals surface area contributed by atoms with Gasteiger partial charge in [0.15, 0.2) is 11.5 Å². The molecule has 232 valence electrons. The molecule has 43 heavy (non-hydrogen) atoms. The first kappa shape index (κ1) is 33.3. The summed E-state index contributed by atoms with van der Waals surface area (Å²) in [5.41, 5.74) is 1.04. The van der Waals surface area contributed by atoms with E-state index in [0.717, 1.165) is 22.7 Å². The van der Waals surface area contributed by atoms with Gasteiger partial charge in [0.1, 0.15) is 18.3 Å². The van der Waals surface area contributed by atoms with E-state index in [2.05, 4.69) is 5.32 Å². The van der Waals surface area contributed by atoms with Gasteiger partial charge in [-0.2, -0.15) is 0 Å². The Balaban J connectivity index is 2.06. The number of carbonyl (C=O) groups is 2. The predicted molar refractivity (Wildman–Crippen MR) is 166 cm³/mol. The van der Waals surface area contributed by atoms with Crippen LogP contribution in [0.2, 0.25) is 0 Å². The van der Waals surface area contributed by atoms with E-state index in [0.29, 0.717) is 30.2 Å². The number of hydrogen-bond acceptors (Lipinski definition) is 7. The fourth-order valence-corrected chi connectivity index (χ4v) is 6.05. The number of carbonyl (C=O) groups excluding carboxylic acids is 2. The van der Waals surface area contributed by atoms with Crippen molar-refractivity contribution in [2.45, 2.75) is 50.6 Å². The molecule has 0 saturated carbocycles. The van der Waals surface area contributed by atoms with Gasteiger partial charge in [-0.3, -0.25) is 13.9 Å². The minimum Gasteiger partial charge on any atom is -0.497 e. The van der Waals surface area contributed by atoms with Crippen LogP contribution in [0.25, 0.3) is 0 Å². The lowest BCUT2D eigenvalue weighted by Crippen LogP contribution is -2.52. The quantitative estimate of drug-likeness (QED) is 0.235. The van der Waals surface area contributed by atoms with Gasteiger partial charge in [-0.05, 0) is 54.8 Å². The number of unbranched alkanes of at least 4 members (excludes halogenated alkanes) is 1. The van der Waals surface area contributed by atoms with E-state index in [-0.39, 0.29) is 23.1 Å². The second-order valence-corrected chi connectivity index (χ2v) is 11.7. The highest BCUT2D eigenvalue weighted by molar-refractivity contribution is 7.92. The Labute approximate surface area is 254 Å². The first-order valence-corrected chi connectivity index (χ1v) is 15.6. The fraction of sp³-hybridized carbons (Fsp3) is 0.375. The lowest BCUT2D eigenvalue weighted by Gasteiger charge is -2.33. The van der Waals surface area contributed by atoms with Crippen molar-refractivity contribution < 1.29 is 32.2 Å². The highest BCUT2D eigenvalue weighted by Crippen LogP contribution is 2.32. The fourth-order valence-electron chi connectivity index (χ4n) is 4.62. The molecular weight excluding hydrogens is 570 g/mol. The zero-order valence-corrected chi connectivity index (χ0v) is 26.2. The largest absolute Gasteiger partial charge is 0.497 e. The Morgan fingerprint density at radius 1 is 0.860 bits per heavy atom. The Morgan fingerprint density at radius 3 is 2.21 bits per heavy atom. The number of rotatable bonds is 16. The summed E-state index contributed by atoms with van der Waals surface area (Å²) < 4.78 is 45.2. The van der Waals surface area contributed by atoms with E-state index >= 15 is 0 Å². The molecule has 3 rings (SSSR count). The summed E-state index contributed by atoms with van der Waals surface area (Å²) >= 11 is 0. The first-order valence-electron chi connectivity index (χ1n) is 14.2. The second kappa shape index (κ2) is 15.8. The average molecular weight is 612 g/mol. The molecule has 3 aromatic carbocycles. The van der Waals surface area contributed by atoms with Gasteiger partial charge in [-0.25, -0.2) is 8.42 Å². The van der Waals surface area contributed by atoms with Crippen molar-refractivity contribution in [3.05, 3.63) is 78.4 Å². The zero-order valence-electron chi connectivity index (χ0n) is 25.4. The Bertz CT molecular complexity index is 1460. The highest BCUT2D eigenvalue weighted by Gasteiger charge is 2.34. The molecule has 0 radical (unpaired) electrons. The van der Waals surface area contributed by atoms with Crippen molar-refractivity contribution in [3.63, 3.8) is 0 Å². The van der Waals surface area contributed by atoms with E-state index in [1.54, 1.807) is 55.6 Å². The monoisotopic (exact) mass is 611 g/mol. The minimum atomic E-state index is -4.26. The van der Waals surface area contributed by atoms with Crippen molar-refractivity contribution in [1.82, 2.24) is 10.2 Å². The maximum atomic E-state index is 14.2. The third kappa shape index (κ3) is 8.41. The molecule has 0 aliphatic heterocycles. The molecule has 11 heteroatoms. The molecule has 10 nitrogen and oxygen atoms in total. The van der Waals surface area contributed by atoms with Crippen molar-refractivity contribution in [3.8, 4) is 17.2 Å². The number of para-hydroxylation sites is 1. The molecule has 0 aliphatic rings. The Hall–Kier alpha value is -4.25. The number of amides is 2. The maximum Gasteiger partial charge on any atom is 0.264 e. The first-order chi connectivity index (χ1) is 20.7. The zero-order chi connectivity index (χ0) is 31.4. The summed E-state index contributed by atoms with van der Waals surface area (Å²) in [6, 6.07) is 19.0. The molecule has 0 aliphatic carbocycles. The molecular formula is C32H41N3O7S. The van der Waals surface area contributed by atoms with Crippen LogP contribution in [-0.2, 0) is 26.2 Å². The van der Waals surface area contributed by atoms with Crippen LogP contribution in [0.15, 0.2) is 77.7 Å². The van der Waals surface area contributed by atoms with Crippen LogP contribution in [0.1, 0.15) is 38.7 Å². The van der Waals surface area contributed by atoms with Gasteiger partial charge < -0.3 is 24.4 Å². The molecule has 2 amide bonds. The number of anilines is 1. The lowest BCUT2D eigenvalue weighted by molar-refractivity contribution is -0.140. The van der Waals surface area contributed by atoms with Gasteiger partial charge in [0.2, 0.25) is 11.8 Å². The Kier molecular flexibility index (Phi) is 12.2. The van der Waals surface area contributed by atoms with Crippen molar-refractivity contribution in [2.75, 3.05) is 38.7 Å². The molecule has 0 spiro atoms. The predicted octanol–water partition coefficient (Wildman–Crippen LogP) is 4.63. The molecule has 1 atom stereocenters. The molecule has 0 fully saturated rings. The highest BCUT2D eigenvalue weighted by atomic mass is 32.2. The summed E-state index contributed by atoms with van der Waals surface area (Å²) in [6.07, 6.45) is 2.04. The third-order valence-corrected chi connectivity index (χ3v) is 8.74. The number of ether oxygens (including phenoxy) is 3. The average Bonchev–Trinajstić information content (AvgIpc) is 3.03.